The molecule has 0 aliphatic rings. The number of rotatable bonds is 10. The van der Waals surface area contributed by atoms with E-state index in [2.05, 4.69) is 41.5 Å². The lowest BCUT2D eigenvalue weighted by Gasteiger charge is -2.17. The Hall–Kier alpha value is -0.370. The highest BCUT2D eigenvalue weighted by Crippen LogP contribution is 2.22. The summed E-state index contributed by atoms with van der Waals surface area (Å²) in [5.74, 6) is 0.351. The third-order valence-corrected chi connectivity index (χ3v) is 3.37. The highest BCUT2D eigenvalue weighted by molar-refractivity contribution is 5.78. The van der Waals surface area contributed by atoms with E-state index >= 15 is 0 Å². The van der Waals surface area contributed by atoms with Gasteiger partial charge in [0.15, 0.2) is 0 Å². The van der Waals surface area contributed by atoms with Gasteiger partial charge in [0.05, 0.1) is 6.61 Å². The van der Waals surface area contributed by atoms with Gasteiger partial charge >= 0.3 is 0 Å². The first-order valence-electron chi connectivity index (χ1n) is 8.20. The molecule has 0 saturated heterocycles. The Bertz CT molecular complexity index is 256. The summed E-state index contributed by atoms with van der Waals surface area (Å²) >= 11 is 0. The van der Waals surface area contributed by atoms with Crippen LogP contribution in [0, 0.1) is 10.8 Å². The minimum absolute atomic E-state index is 0.337. The van der Waals surface area contributed by atoms with Crippen LogP contribution >= 0.6 is 0 Å². The molecule has 2 nitrogen and oxygen atoms in total. The molecule has 0 fully saturated rings. The molecule has 0 aromatic rings. The molecule has 120 valence electrons. The molecule has 2 heteroatoms. The van der Waals surface area contributed by atoms with Crippen molar-refractivity contribution in [3.8, 4) is 0 Å². The summed E-state index contributed by atoms with van der Waals surface area (Å²) in [7, 11) is 0. The summed E-state index contributed by atoms with van der Waals surface area (Å²) in [5, 5.41) is 0. The maximum atomic E-state index is 11.7. The fourth-order valence-electron chi connectivity index (χ4n) is 2.09. The van der Waals surface area contributed by atoms with Gasteiger partial charge in [-0.15, -0.1) is 0 Å². The second-order valence-corrected chi connectivity index (χ2v) is 8.33. The smallest absolute Gasteiger partial charge is 0.135 e. The van der Waals surface area contributed by atoms with E-state index < -0.39 is 0 Å². The van der Waals surface area contributed by atoms with Crippen molar-refractivity contribution in [1.82, 2.24) is 0 Å². The van der Waals surface area contributed by atoms with E-state index in [-0.39, 0.29) is 0 Å². The monoisotopic (exact) mass is 284 g/mol. The van der Waals surface area contributed by atoms with Crippen LogP contribution in [0.25, 0.3) is 0 Å². The van der Waals surface area contributed by atoms with Crippen LogP contribution in [0.4, 0.5) is 0 Å². The molecule has 0 rings (SSSR count). The predicted octanol–water partition coefficient (Wildman–Crippen LogP) is 5.40. The summed E-state index contributed by atoms with van der Waals surface area (Å²) < 4.78 is 5.55. The number of carbonyl (C=O) groups is 1. The summed E-state index contributed by atoms with van der Waals surface area (Å²) in [6.45, 7) is 14.9. The van der Waals surface area contributed by atoms with Gasteiger partial charge in [-0.05, 0) is 36.5 Å². The number of ether oxygens (including phenoxy) is 1. The zero-order valence-electron chi connectivity index (χ0n) is 14.7. The molecule has 0 bridgehead atoms. The lowest BCUT2D eigenvalue weighted by atomic mass is 9.89. The summed E-state index contributed by atoms with van der Waals surface area (Å²) in [5.41, 5.74) is 0.757. The Morgan fingerprint density at radius 3 is 1.85 bits per heavy atom. The van der Waals surface area contributed by atoms with Crippen LogP contribution in [0.3, 0.4) is 0 Å². The van der Waals surface area contributed by atoms with Crippen molar-refractivity contribution >= 4 is 5.78 Å². The molecule has 0 aliphatic heterocycles. The van der Waals surface area contributed by atoms with Crippen molar-refractivity contribution in [1.29, 1.82) is 0 Å². The van der Waals surface area contributed by atoms with Gasteiger partial charge in [0.2, 0.25) is 0 Å². The van der Waals surface area contributed by atoms with E-state index in [4.69, 9.17) is 4.74 Å². The Morgan fingerprint density at radius 2 is 1.30 bits per heavy atom. The number of hydrogen-bond donors (Lipinski definition) is 0. The predicted molar refractivity (Wildman–Crippen MR) is 87.1 cm³/mol. The van der Waals surface area contributed by atoms with Crippen molar-refractivity contribution in [2.24, 2.45) is 10.8 Å². The van der Waals surface area contributed by atoms with E-state index in [1.54, 1.807) is 0 Å². The molecule has 0 atom stereocenters. The topological polar surface area (TPSA) is 26.3 Å². The fourth-order valence-corrected chi connectivity index (χ4v) is 2.09. The van der Waals surface area contributed by atoms with Gasteiger partial charge in [0, 0.05) is 19.4 Å². The zero-order chi connectivity index (χ0) is 15.6. The Kier molecular flexibility index (Phi) is 9.37. The Labute approximate surface area is 126 Å². The van der Waals surface area contributed by atoms with Crippen molar-refractivity contribution < 1.29 is 9.53 Å². The lowest BCUT2D eigenvalue weighted by Crippen LogP contribution is -2.09. The Balaban J connectivity index is 3.36. The molecule has 0 saturated carbocycles. The number of ketones is 1. The third-order valence-electron chi connectivity index (χ3n) is 3.37. The fraction of sp³-hybridized carbons (Fsp3) is 0.944. The highest BCUT2D eigenvalue weighted by atomic mass is 16.5. The number of carbonyl (C=O) groups excluding carboxylic acids is 1. The van der Waals surface area contributed by atoms with E-state index in [1.165, 1.54) is 12.8 Å². The summed E-state index contributed by atoms with van der Waals surface area (Å²) in [6.07, 6.45) is 6.98. The summed E-state index contributed by atoms with van der Waals surface area (Å²) in [6, 6.07) is 0. The average Bonchev–Trinajstić information content (AvgIpc) is 2.24. The quantitative estimate of drug-likeness (QED) is 0.502. The molecule has 20 heavy (non-hydrogen) atoms. The first-order chi connectivity index (χ1) is 9.10. The van der Waals surface area contributed by atoms with Gasteiger partial charge < -0.3 is 4.74 Å². The molecular formula is C18H36O2. The molecule has 0 spiro atoms. The van der Waals surface area contributed by atoms with Crippen LogP contribution < -0.4 is 0 Å². The van der Waals surface area contributed by atoms with E-state index in [9.17, 15) is 4.79 Å². The van der Waals surface area contributed by atoms with E-state index in [0.29, 0.717) is 36.1 Å². The van der Waals surface area contributed by atoms with Crippen molar-refractivity contribution in [2.75, 3.05) is 13.2 Å². The van der Waals surface area contributed by atoms with Gasteiger partial charge in [-0.2, -0.15) is 0 Å². The molecule has 0 aromatic carbocycles. The SMILES string of the molecule is CC(C)(C)CCCCOCCC(=O)CCCC(C)(C)C. The molecule has 0 N–H and O–H groups in total. The molecule has 0 heterocycles. The van der Waals surface area contributed by atoms with Crippen LogP contribution in [0.5, 0.6) is 0 Å². The van der Waals surface area contributed by atoms with E-state index in [1.807, 2.05) is 0 Å². The second-order valence-electron chi connectivity index (χ2n) is 8.33. The molecule has 0 unspecified atom stereocenters. The third kappa shape index (κ3) is 15.7. The van der Waals surface area contributed by atoms with Crippen LogP contribution in [-0.4, -0.2) is 19.0 Å². The lowest BCUT2D eigenvalue weighted by molar-refractivity contribution is -0.120. The van der Waals surface area contributed by atoms with E-state index in [0.717, 1.165) is 25.9 Å². The Morgan fingerprint density at radius 1 is 0.750 bits per heavy atom. The van der Waals surface area contributed by atoms with Gasteiger partial charge in [-0.3, -0.25) is 4.79 Å². The minimum Gasteiger partial charge on any atom is -0.381 e. The number of unbranched alkanes of at least 4 members (excludes halogenated alkanes) is 1. The maximum Gasteiger partial charge on any atom is 0.135 e. The minimum atomic E-state index is 0.337. The molecule has 0 aromatic heterocycles. The second kappa shape index (κ2) is 9.55. The first-order valence-corrected chi connectivity index (χ1v) is 8.20. The van der Waals surface area contributed by atoms with Crippen LogP contribution in [0.1, 0.15) is 86.5 Å². The first kappa shape index (κ1) is 19.6. The van der Waals surface area contributed by atoms with Crippen molar-refractivity contribution in [2.45, 2.75) is 86.5 Å². The van der Waals surface area contributed by atoms with Gasteiger partial charge in [-0.1, -0.05) is 48.0 Å². The normalized spacial score (nSPS) is 12.7. The van der Waals surface area contributed by atoms with Crippen molar-refractivity contribution in [3.05, 3.63) is 0 Å². The molecule has 0 amide bonds. The molecular weight excluding hydrogens is 248 g/mol. The van der Waals surface area contributed by atoms with Crippen molar-refractivity contribution in [3.63, 3.8) is 0 Å². The maximum absolute atomic E-state index is 11.7. The number of Topliss-reactive ketones (excluding diaryl/α,β-unsaturated/α-hetero) is 1. The van der Waals surface area contributed by atoms with Crippen LogP contribution in [-0.2, 0) is 9.53 Å². The zero-order valence-corrected chi connectivity index (χ0v) is 14.7. The van der Waals surface area contributed by atoms with Gasteiger partial charge in [0.25, 0.3) is 0 Å². The van der Waals surface area contributed by atoms with Crippen LogP contribution in [0.2, 0.25) is 0 Å². The largest absolute Gasteiger partial charge is 0.381 e. The van der Waals surface area contributed by atoms with Gasteiger partial charge in [0.1, 0.15) is 5.78 Å². The summed E-state index contributed by atoms with van der Waals surface area (Å²) in [4.78, 5) is 11.7. The average molecular weight is 284 g/mol. The van der Waals surface area contributed by atoms with Gasteiger partial charge in [-0.25, -0.2) is 0 Å². The number of hydrogen-bond acceptors (Lipinski definition) is 2. The molecule has 0 radical (unpaired) electrons. The molecule has 0 aliphatic carbocycles. The highest BCUT2D eigenvalue weighted by Gasteiger charge is 2.11. The van der Waals surface area contributed by atoms with Crippen LogP contribution in [0.15, 0.2) is 0 Å². The standard InChI is InChI=1S/C18H36O2/c1-17(2,3)12-7-8-14-20-15-11-16(19)10-9-13-18(4,5)6/h7-15H2,1-6H3.